The second-order valence-electron chi connectivity index (χ2n) is 25.7. The Bertz CT molecular complexity index is 2480. The summed E-state index contributed by atoms with van der Waals surface area (Å²) in [5.74, 6) is -4.39. The van der Waals surface area contributed by atoms with E-state index >= 15 is 0 Å². The monoisotopic (exact) mass is 1240 g/mol. The van der Waals surface area contributed by atoms with E-state index in [1.165, 1.54) is 97.8 Å². The Balaban J connectivity index is 0.000000279. The topological polar surface area (TPSA) is 231 Å². The number of carbonyl (C=O) groups is 8. The molecule has 9 rings (SSSR count). The molecule has 0 aromatic heterocycles. The minimum absolute atomic E-state index is 0.0110. The molecule has 0 radical (unpaired) electrons. The lowest BCUT2D eigenvalue weighted by atomic mass is 9.49. The van der Waals surface area contributed by atoms with Crippen molar-refractivity contribution in [1.29, 1.82) is 0 Å². The van der Waals surface area contributed by atoms with Crippen LogP contribution >= 0.6 is 0 Å². The predicted molar refractivity (Wildman–Crippen MR) is 329 cm³/mol. The summed E-state index contributed by atoms with van der Waals surface area (Å²) >= 11 is 0. The molecule has 6 atom stereocenters. The lowest BCUT2D eigenvalue weighted by molar-refractivity contribution is -0.207. The summed E-state index contributed by atoms with van der Waals surface area (Å²) in [4.78, 5) is 90.4. The van der Waals surface area contributed by atoms with E-state index in [9.17, 15) is 47.1 Å². The standard InChI is InChI=1S/C16H24O2.C13H22O2.C12H14O4.C11H16F2O4.C11H18O2.C6H10O3/c1-4-16(18-15(17)10(2)3)13-6-11-5-12(8-13)9-14(16)7-11;1-11(2)12(14)15-13(3)9-7-5-4-6-8-10-13;1-5(2)11(13)15-9-6-3-7-8(4-6)12(14)16-10(7)9;1-5-8(17-9(14)7(3)4)11(12,13)10(15)16-6-2;1-4-11(7-5-6-8-11)13-10(12)9(2)3;1-5(2)6(8)9-4-3-7/h11-14H,2,4-9H2,1,3H3;1,4-10H2,2-3H3;6-10H,1,3-4H2,2H3;8H,3,5-6H2,1-2,4H3;2,4-8H2,1,3H3;7H,1,3-4H2,2H3. The summed E-state index contributed by atoms with van der Waals surface area (Å²) in [5.41, 5.74) is 1.68. The zero-order valence-electron chi connectivity index (χ0n) is 54.7. The molecule has 0 aromatic rings. The molecule has 6 bridgehead atoms. The van der Waals surface area contributed by atoms with E-state index in [0.29, 0.717) is 45.6 Å². The second-order valence-corrected chi connectivity index (χ2v) is 25.7. The summed E-state index contributed by atoms with van der Waals surface area (Å²) < 4.78 is 67.9. The van der Waals surface area contributed by atoms with Gasteiger partial charge in [-0.1, -0.05) is 79.5 Å². The van der Waals surface area contributed by atoms with Crippen LogP contribution in [0, 0.1) is 41.4 Å². The van der Waals surface area contributed by atoms with Gasteiger partial charge in [-0.15, -0.1) is 0 Å². The lowest BCUT2D eigenvalue weighted by Gasteiger charge is -2.60. The molecule has 1 heterocycles. The Morgan fingerprint density at radius 3 is 1.50 bits per heavy atom. The van der Waals surface area contributed by atoms with Crippen LogP contribution in [-0.4, -0.2) is 114 Å². The molecule has 9 fully saturated rings. The van der Waals surface area contributed by atoms with Crippen molar-refractivity contribution in [2.45, 2.75) is 252 Å². The molecule has 0 aromatic carbocycles. The molecule has 496 valence electrons. The Labute approximate surface area is 522 Å². The van der Waals surface area contributed by atoms with Gasteiger partial charge in [-0.3, -0.25) is 4.79 Å². The fourth-order valence-electron chi connectivity index (χ4n) is 13.5. The number of rotatable bonds is 19. The van der Waals surface area contributed by atoms with Crippen LogP contribution < -0.4 is 0 Å². The third-order valence-corrected chi connectivity index (χ3v) is 18.2. The second kappa shape index (κ2) is 34.8. The first kappa shape index (κ1) is 76.3. The van der Waals surface area contributed by atoms with Crippen molar-refractivity contribution in [2.75, 3.05) is 19.8 Å². The van der Waals surface area contributed by atoms with E-state index in [1.807, 2.05) is 0 Å². The van der Waals surface area contributed by atoms with Crippen LogP contribution in [0.2, 0.25) is 0 Å². The van der Waals surface area contributed by atoms with E-state index in [2.05, 4.69) is 74.5 Å². The number of halogens is 2. The van der Waals surface area contributed by atoms with Gasteiger partial charge >= 0.3 is 53.7 Å². The molecule has 88 heavy (non-hydrogen) atoms. The van der Waals surface area contributed by atoms with Gasteiger partial charge in [-0.05, 0) is 195 Å². The van der Waals surface area contributed by atoms with E-state index in [4.69, 9.17) is 28.8 Å². The molecule has 9 aliphatic rings. The first-order valence-corrected chi connectivity index (χ1v) is 31.8. The van der Waals surface area contributed by atoms with Crippen LogP contribution in [0.25, 0.3) is 0 Å². The zero-order valence-corrected chi connectivity index (χ0v) is 54.7. The fourth-order valence-corrected chi connectivity index (χ4v) is 13.5. The minimum atomic E-state index is -3.85. The number of hydrogen-bond donors (Lipinski definition) is 1. The predicted octanol–water partition coefficient (Wildman–Crippen LogP) is 13.4. The first-order chi connectivity index (χ1) is 41.2. The SMILES string of the molecule is C=C(C)C(=O)OC(CC)C(F)(F)C(=O)OCC.C=C(C)C(=O)OC1(C)CCCCCCC1.C=C(C)C(=O)OC1(CC)C2CC3CC(C2)CC1C3.C=C(C)C(=O)OC1(CC)CCCC1.C=C(C)C(=O)OC1C2CC3C(=O)OC1C3C2.C=C(C)C(=O)OCCO. The Morgan fingerprint density at radius 1 is 0.591 bits per heavy atom. The maximum Gasteiger partial charge on any atom is 0.381 e. The molecule has 8 saturated carbocycles. The molecule has 1 aliphatic heterocycles. The van der Waals surface area contributed by atoms with Crippen molar-refractivity contribution in [3.8, 4) is 0 Å². The zero-order chi connectivity index (χ0) is 66.5. The highest BCUT2D eigenvalue weighted by Gasteiger charge is 2.63. The van der Waals surface area contributed by atoms with Crippen LogP contribution in [0.5, 0.6) is 0 Å². The number of ether oxygens (including phenoxy) is 8. The van der Waals surface area contributed by atoms with Gasteiger partial charge in [0.15, 0.2) is 6.10 Å². The molecular formula is C69H104F2O17. The van der Waals surface area contributed by atoms with E-state index in [-0.39, 0.29) is 103 Å². The summed E-state index contributed by atoms with van der Waals surface area (Å²) in [6.45, 7) is 39.6. The molecule has 19 heteroatoms. The third kappa shape index (κ3) is 21.3. The van der Waals surface area contributed by atoms with Gasteiger partial charge in [-0.2, -0.15) is 8.78 Å². The molecule has 8 aliphatic carbocycles. The van der Waals surface area contributed by atoms with Crippen LogP contribution in [-0.2, 0) is 76.3 Å². The number of aliphatic hydroxyl groups is 1. The van der Waals surface area contributed by atoms with Gasteiger partial charge in [0, 0.05) is 45.3 Å². The number of carbonyl (C=O) groups excluding carboxylic acids is 8. The fraction of sp³-hybridized carbons (Fsp3) is 0.710. The minimum Gasteiger partial charge on any atom is -0.461 e. The molecular weight excluding hydrogens is 1140 g/mol. The van der Waals surface area contributed by atoms with Crippen LogP contribution in [0.1, 0.15) is 211 Å². The van der Waals surface area contributed by atoms with Crippen LogP contribution in [0.3, 0.4) is 0 Å². The summed E-state index contributed by atoms with van der Waals surface area (Å²) in [5, 5.41) is 8.19. The largest absolute Gasteiger partial charge is 0.461 e. The Hall–Kier alpha value is -5.98. The summed E-state index contributed by atoms with van der Waals surface area (Å²) in [6.07, 6.45) is 20.3. The van der Waals surface area contributed by atoms with Gasteiger partial charge in [-0.25, -0.2) is 33.6 Å². The summed E-state index contributed by atoms with van der Waals surface area (Å²) in [7, 11) is 0. The number of aliphatic hydroxyl groups excluding tert-OH is 1. The molecule has 17 nitrogen and oxygen atoms in total. The molecule has 1 N–H and O–H groups in total. The van der Waals surface area contributed by atoms with Gasteiger partial charge in [0.1, 0.15) is 35.6 Å². The maximum atomic E-state index is 13.5. The number of hydrogen-bond acceptors (Lipinski definition) is 17. The molecule has 6 unspecified atom stereocenters. The first-order valence-electron chi connectivity index (χ1n) is 31.8. The molecule has 1 saturated heterocycles. The lowest BCUT2D eigenvalue weighted by Crippen LogP contribution is -2.59. The number of alkyl halides is 2. The van der Waals surface area contributed by atoms with Gasteiger partial charge in [0.2, 0.25) is 0 Å². The van der Waals surface area contributed by atoms with Gasteiger partial charge in [0.25, 0.3) is 0 Å². The van der Waals surface area contributed by atoms with E-state index in [1.54, 1.807) is 34.6 Å². The van der Waals surface area contributed by atoms with Crippen molar-refractivity contribution < 1.29 is 90.1 Å². The average Bonchev–Trinajstić information content (AvgIpc) is 1.24. The van der Waals surface area contributed by atoms with Crippen molar-refractivity contribution in [2.24, 2.45) is 41.4 Å². The van der Waals surface area contributed by atoms with Crippen molar-refractivity contribution in [3.05, 3.63) is 72.9 Å². The maximum absolute atomic E-state index is 13.5. The highest BCUT2D eigenvalue weighted by atomic mass is 19.3. The van der Waals surface area contributed by atoms with Gasteiger partial charge < -0.3 is 43.0 Å². The molecule has 0 amide bonds. The smallest absolute Gasteiger partial charge is 0.381 e. The van der Waals surface area contributed by atoms with Crippen molar-refractivity contribution >= 4 is 47.8 Å². The van der Waals surface area contributed by atoms with E-state index in [0.717, 1.165) is 63.2 Å². The average molecular weight is 1240 g/mol. The highest BCUT2D eigenvalue weighted by molar-refractivity contribution is 5.90. The highest BCUT2D eigenvalue weighted by Crippen LogP contribution is 2.61. The normalized spacial score (nSPS) is 27.0. The van der Waals surface area contributed by atoms with Crippen LogP contribution in [0.4, 0.5) is 8.78 Å². The quantitative estimate of drug-likeness (QED) is 0.0720. The molecule has 0 spiro atoms. The number of esters is 8. The summed E-state index contributed by atoms with van der Waals surface area (Å²) in [6, 6.07) is 0. The Morgan fingerprint density at radius 2 is 1.06 bits per heavy atom. The van der Waals surface area contributed by atoms with E-state index < -0.39 is 29.9 Å². The van der Waals surface area contributed by atoms with Crippen molar-refractivity contribution in [3.63, 3.8) is 0 Å². The Kier molecular flexibility index (Phi) is 30.2. The third-order valence-electron chi connectivity index (χ3n) is 18.2. The van der Waals surface area contributed by atoms with Crippen LogP contribution in [0.15, 0.2) is 72.9 Å². The number of fused-ring (bicyclic) bond motifs is 1. The van der Waals surface area contributed by atoms with Gasteiger partial charge in [0.05, 0.1) is 19.1 Å². The van der Waals surface area contributed by atoms with Crippen molar-refractivity contribution in [1.82, 2.24) is 0 Å².